The van der Waals surface area contributed by atoms with Crippen LogP contribution in [0.25, 0.3) is 21.0 Å². The van der Waals surface area contributed by atoms with E-state index in [1.54, 1.807) is 0 Å². The maximum absolute atomic E-state index is 13.2. The van der Waals surface area contributed by atoms with Crippen molar-refractivity contribution in [1.29, 1.82) is 0 Å². The number of benzene rings is 2. The van der Waals surface area contributed by atoms with E-state index in [0.29, 0.717) is 18.0 Å². The number of fused-ring (bicyclic) bond motifs is 2. The Morgan fingerprint density at radius 2 is 1.97 bits per heavy atom. The van der Waals surface area contributed by atoms with E-state index >= 15 is 0 Å². The monoisotopic (exact) mass is 538 g/mol. The summed E-state index contributed by atoms with van der Waals surface area (Å²) in [7, 11) is -3.16. The zero-order valence-electron chi connectivity index (χ0n) is 21.0. The molecule has 37 heavy (non-hydrogen) atoms. The number of amides is 1. The fourth-order valence-electron chi connectivity index (χ4n) is 4.65. The van der Waals surface area contributed by atoms with Crippen molar-refractivity contribution in [3.05, 3.63) is 65.2 Å². The van der Waals surface area contributed by atoms with Crippen LogP contribution in [-0.2, 0) is 16.4 Å². The number of hydrogen-bond acceptors (Lipinski definition) is 5. The second-order valence-electron chi connectivity index (χ2n) is 9.80. The zero-order valence-corrected chi connectivity index (χ0v) is 22.7. The van der Waals surface area contributed by atoms with Crippen molar-refractivity contribution in [2.75, 3.05) is 18.4 Å². The van der Waals surface area contributed by atoms with Crippen LogP contribution in [0.15, 0.2) is 54.7 Å². The summed E-state index contributed by atoms with van der Waals surface area (Å²) >= 11 is 1.48. The Morgan fingerprint density at radius 1 is 1.14 bits per heavy atom. The minimum absolute atomic E-state index is 0.0360. The van der Waals surface area contributed by atoms with Crippen molar-refractivity contribution in [1.82, 2.24) is 15.0 Å². The van der Waals surface area contributed by atoms with Crippen LogP contribution >= 0.6 is 11.3 Å². The molecule has 0 saturated heterocycles. The molecule has 1 unspecified atom stereocenters. The molecule has 196 valence electrons. The molecule has 2 aromatic carbocycles. The largest absolute Gasteiger partial charge is 0.384 e. The molecule has 1 aliphatic rings. The van der Waals surface area contributed by atoms with Crippen molar-refractivity contribution in [2.45, 2.75) is 56.7 Å². The number of para-hydroxylation sites is 1. The van der Waals surface area contributed by atoms with Gasteiger partial charge in [0.05, 0.1) is 10.1 Å². The van der Waals surface area contributed by atoms with E-state index in [4.69, 9.17) is 0 Å². The first-order chi connectivity index (χ1) is 17.9. The van der Waals surface area contributed by atoms with E-state index < -0.39 is 10.0 Å². The fourth-order valence-corrected chi connectivity index (χ4v) is 7.03. The third kappa shape index (κ3) is 6.34. The van der Waals surface area contributed by atoms with E-state index in [0.717, 1.165) is 59.8 Å². The first-order valence-corrected chi connectivity index (χ1v) is 15.4. The van der Waals surface area contributed by atoms with Crippen LogP contribution in [0.1, 0.15) is 54.3 Å². The number of carbonyl (C=O) groups is 1. The van der Waals surface area contributed by atoms with Gasteiger partial charge in [-0.05, 0) is 60.9 Å². The SMILES string of the molecule is CCCCC(Cc1c[nH]c2ccccc12)NC(=O)c1cc2ccc(NCCNS(=O)(=O)C3CC3)cc2s1. The predicted octanol–water partition coefficient (Wildman–Crippen LogP) is 5.41. The number of H-pyrrole nitrogens is 1. The van der Waals surface area contributed by atoms with Crippen molar-refractivity contribution in [3.8, 4) is 0 Å². The highest BCUT2D eigenvalue weighted by Crippen LogP contribution is 2.29. The van der Waals surface area contributed by atoms with Crippen LogP contribution in [0.3, 0.4) is 0 Å². The molecule has 1 amide bonds. The van der Waals surface area contributed by atoms with E-state index in [9.17, 15) is 13.2 Å². The van der Waals surface area contributed by atoms with Crippen LogP contribution in [0.2, 0.25) is 0 Å². The molecule has 0 spiro atoms. The molecule has 0 radical (unpaired) electrons. The van der Waals surface area contributed by atoms with Gasteiger partial charge >= 0.3 is 0 Å². The number of sulfonamides is 1. The van der Waals surface area contributed by atoms with Gasteiger partial charge in [0.15, 0.2) is 0 Å². The molecule has 2 aromatic heterocycles. The quantitative estimate of drug-likeness (QED) is 0.171. The molecule has 1 aliphatic carbocycles. The lowest BCUT2D eigenvalue weighted by molar-refractivity contribution is 0.0938. The summed E-state index contributed by atoms with van der Waals surface area (Å²) in [5.74, 6) is -0.0360. The Labute approximate surface area is 222 Å². The van der Waals surface area contributed by atoms with Crippen molar-refractivity contribution in [2.24, 2.45) is 0 Å². The predicted molar refractivity (Wildman–Crippen MR) is 153 cm³/mol. The average molecular weight is 539 g/mol. The van der Waals surface area contributed by atoms with E-state index in [2.05, 4.69) is 45.6 Å². The number of anilines is 1. The van der Waals surface area contributed by atoms with Crippen molar-refractivity contribution in [3.63, 3.8) is 0 Å². The van der Waals surface area contributed by atoms with Crippen LogP contribution in [0, 0.1) is 0 Å². The van der Waals surface area contributed by atoms with E-state index in [-0.39, 0.29) is 17.2 Å². The first-order valence-electron chi connectivity index (χ1n) is 13.0. The molecular weight excluding hydrogens is 504 g/mol. The standard InChI is InChI=1S/C28H34N4O3S2/c1-2-3-6-22(15-20-18-30-25-8-5-4-7-24(20)25)32-28(33)27-16-19-9-10-21(17-26(19)36-27)29-13-14-31-37(34,35)23-11-12-23/h4-5,7-10,16-18,22-23,29-31H,2-3,6,11-15H2,1H3,(H,32,33). The summed E-state index contributed by atoms with van der Waals surface area (Å²) in [5.41, 5.74) is 3.25. The number of nitrogens with one attached hydrogen (secondary N) is 4. The minimum atomic E-state index is -3.16. The summed E-state index contributed by atoms with van der Waals surface area (Å²) in [6.45, 7) is 3.03. The molecule has 1 fully saturated rings. The number of aromatic amines is 1. The third-order valence-electron chi connectivity index (χ3n) is 6.85. The lowest BCUT2D eigenvalue weighted by Crippen LogP contribution is -2.36. The molecule has 0 bridgehead atoms. The number of thiophene rings is 1. The number of carbonyl (C=O) groups excluding carboxylic acids is 1. The maximum Gasteiger partial charge on any atom is 0.261 e. The molecule has 1 saturated carbocycles. The summed E-state index contributed by atoms with van der Waals surface area (Å²) < 4.78 is 27.6. The molecular formula is C28H34N4O3S2. The van der Waals surface area contributed by atoms with Crippen LogP contribution in [0.4, 0.5) is 5.69 Å². The molecule has 9 heteroatoms. The number of hydrogen-bond donors (Lipinski definition) is 4. The molecule has 4 aromatic rings. The van der Waals surface area contributed by atoms with Gasteiger partial charge in [0.25, 0.3) is 5.91 Å². The van der Waals surface area contributed by atoms with Crippen LogP contribution in [-0.4, -0.2) is 43.7 Å². The fraction of sp³-hybridized carbons (Fsp3) is 0.393. The Kier molecular flexibility index (Phi) is 7.83. The third-order valence-corrected chi connectivity index (χ3v) is 9.90. The highest BCUT2D eigenvalue weighted by Gasteiger charge is 2.35. The number of rotatable bonds is 13. The second kappa shape index (κ2) is 11.2. The molecule has 4 N–H and O–H groups in total. The Hall–Kier alpha value is -2.88. The van der Waals surface area contributed by atoms with Gasteiger partial charge in [0.1, 0.15) is 0 Å². The first kappa shape index (κ1) is 25.8. The summed E-state index contributed by atoms with van der Waals surface area (Å²) in [4.78, 5) is 17.3. The highest BCUT2D eigenvalue weighted by atomic mass is 32.2. The molecule has 5 rings (SSSR count). The lowest BCUT2D eigenvalue weighted by Gasteiger charge is -2.18. The van der Waals surface area contributed by atoms with E-state index in [1.807, 2.05) is 36.4 Å². The van der Waals surface area contributed by atoms with Crippen LogP contribution in [0.5, 0.6) is 0 Å². The zero-order chi connectivity index (χ0) is 25.8. The molecule has 2 heterocycles. The summed E-state index contributed by atoms with van der Waals surface area (Å²) in [5, 5.41) is 8.60. The normalized spacial score (nSPS) is 14.7. The van der Waals surface area contributed by atoms with E-state index in [1.165, 1.54) is 22.3 Å². The second-order valence-corrected chi connectivity index (χ2v) is 12.9. The Balaban J connectivity index is 1.22. The van der Waals surface area contributed by atoms with Gasteiger partial charge < -0.3 is 15.6 Å². The summed E-state index contributed by atoms with van der Waals surface area (Å²) in [6.07, 6.45) is 7.45. The number of aromatic nitrogens is 1. The van der Waals surface area contributed by atoms with Crippen molar-refractivity contribution >= 4 is 53.9 Å². The van der Waals surface area contributed by atoms with Gasteiger partial charge in [-0.1, -0.05) is 44.0 Å². The van der Waals surface area contributed by atoms with Gasteiger partial charge in [0, 0.05) is 46.6 Å². The number of unbranched alkanes of at least 4 members (excludes halogenated alkanes) is 1. The van der Waals surface area contributed by atoms with Crippen LogP contribution < -0.4 is 15.4 Å². The van der Waals surface area contributed by atoms with Gasteiger partial charge in [-0.2, -0.15) is 0 Å². The van der Waals surface area contributed by atoms with Gasteiger partial charge in [-0.15, -0.1) is 11.3 Å². The smallest absolute Gasteiger partial charge is 0.261 e. The summed E-state index contributed by atoms with van der Waals surface area (Å²) in [6, 6.07) is 16.3. The molecule has 7 nitrogen and oxygen atoms in total. The lowest BCUT2D eigenvalue weighted by atomic mass is 10.0. The maximum atomic E-state index is 13.2. The Morgan fingerprint density at radius 3 is 2.78 bits per heavy atom. The average Bonchev–Trinajstić information content (AvgIpc) is 3.57. The Bertz CT molecular complexity index is 1490. The topological polar surface area (TPSA) is 103 Å². The van der Waals surface area contributed by atoms with Gasteiger partial charge in [-0.3, -0.25) is 4.79 Å². The molecule has 1 atom stereocenters. The minimum Gasteiger partial charge on any atom is -0.384 e. The van der Waals surface area contributed by atoms with Gasteiger partial charge in [-0.25, -0.2) is 13.1 Å². The molecule has 0 aliphatic heterocycles. The highest BCUT2D eigenvalue weighted by molar-refractivity contribution is 7.90. The van der Waals surface area contributed by atoms with Crippen molar-refractivity contribution < 1.29 is 13.2 Å². The van der Waals surface area contributed by atoms with Gasteiger partial charge in [0.2, 0.25) is 10.0 Å².